The summed E-state index contributed by atoms with van der Waals surface area (Å²) in [4.78, 5) is 49.3. The van der Waals surface area contributed by atoms with Crippen LogP contribution in [0.25, 0.3) is 0 Å². The first-order valence-electron chi connectivity index (χ1n) is 10.5. The minimum absolute atomic E-state index is 0.0439. The molecule has 0 radical (unpaired) electrons. The number of rotatable bonds is 2. The van der Waals surface area contributed by atoms with E-state index < -0.39 is 5.54 Å². The van der Waals surface area contributed by atoms with Gasteiger partial charge < -0.3 is 20.1 Å². The number of carbonyl (C=O) groups is 3. The molecule has 0 aromatic carbocycles. The van der Waals surface area contributed by atoms with Crippen LogP contribution < -0.4 is 5.32 Å². The Hall–Kier alpha value is -2.38. The Balaban J connectivity index is 1.37. The fourth-order valence-corrected chi connectivity index (χ4v) is 5.32. The zero-order chi connectivity index (χ0) is 19.3. The minimum Gasteiger partial charge on any atom is -0.355 e. The maximum Gasteiger partial charge on any atom is 0.227 e. The van der Waals surface area contributed by atoms with Crippen LogP contribution in [0, 0.1) is 11.8 Å². The molecular weight excluding hydrogens is 358 g/mol. The lowest BCUT2D eigenvalue weighted by molar-refractivity contribution is -0.151. The van der Waals surface area contributed by atoms with Crippen molar-refractivity contribution in [2.45, 2.75) is 50.5 Å². The topological polar surface area (TPSA) is 98.4 Å². The van der Waals surface area contributed by atoms with Gasteiger partial charge in [-0.25, -0.2) is 4.98 Å². The molecule has 3 fully saturated rings. The van der Waals surface area contributed by atoms with E-state index in [-0.39, 0.29) is 36.0 Å². The van der Waals surface area contributed by atoms with Gasteiger partial charge in [-0.3, -0.25) is 14.4 Å². The van der Waals surface area contributed by atoms with Gasteiger partial charge in [0.15, 0.2) is 0 Å². The van der Waals surface area contributed by atoms with E-state index in [1.165, 1.54) is 0 Å². The van der Waals surface area contributed by atoms with Gasteiger partial charge >= 0.3 is 0 Å². The van der Waals surface area contributed by atoms with E-state index in [4.69, 9.17) is 0 Å². The third-order valence-corrected chi connectivity index (χ3v) is 7.21. The largest absolute Gasteiger partial charge is 0.355 e. The summed E-state index contributed by atoms with van der Waals surface area (Å²) in [5, 5.41) is 2.75. The molecule has 3 aliphatic heterocycles. The van der Waals surface area contributed by atoms with Gasteiger partial charge in [-0.1, -0.05) is 6.42 Å². The molecule has 1 aromatic heterocycles. The van der Waals surface area contributed by atoms with E-state index in [2.05, 4.69) is 20.2 Å². The third kappa shape index (κ3) is 2.64. The fraction of sp³-hybridized carbons (Fsp3) is 0.700. The Labute approximate surface area is 164 Å². The molecule has 2 saturated heterocycles. The molecule has 4 aliphatic rings. The highest BCUT2D eigenvalue weighted by molar-refractivity contribution is 5.89. The number of H-pyrrole nitrogens is 1. The molecule has 0 bridgehead atoms. The van der Waals surface area contributed by atoms with Crippen molar-refractivity contribution in [3.05, 3.63) is 17.7 Å². The minimum atomic E-state index is -0.402. The number of hydrogen-bond donors (Lipinski definition) is 2. The van der Waals surface area contributed by atoms with Crippen LogP contribution in [0.15, 0.2) is 6.33 Å². The molecule has 1 aromatic rings. The second-order valence-electron chi connectivity index (χ2n) is 8.66. The predicted octanol–water partition coefficient (Wildman–Crippen LogP) is 0.548. The van der Waals surface area contributed by atoms with Crippen LogP contribution >= 0.6 is 0 Å². The lowest BCUT2D eigenvalue weighted by Gasteiger charge is -2.52. The monoisotopic (exact) mass is 385 g/mol. The van der Waals surface area contributed by atoms with Crippen LogP contribution in [-0.4, -0.2) is 63.7 Å². The van der Waals surface area contributed by atoms with E-state index in [1.807, 2.05) is 4.90 Å². The number of likely N-dealkylation sites (tertiary alicyclic amines) is 1. The van der Waals surface area contributed by atoms with E-state index >= 15 is 0 Å². The van der Waals surface area contributed by atoms with Crippen molar-refractivity contribution in [3.8, 4) is 0 Å². The first-order valence-corrected chi connectivity index (χ1v) is 10.5. The van der Waals surface area contributed by atoms with Gasteiger partial charge in [-0.2, -0.15) is 0 Å². The number of nitrogens with zero attached hydrogens (tertiary/aromatic N) is 3. The van der Waals surface area contributed by atoms with Crippen molar-refractivity contribution < 1.29 is 14.4 Å². The second-order valence-corrected chi connectivity index (χ2v) is 8.66. The van der Waals surface area contributed by atoms with Crippen LogP contribution in [0.4, 0.5) is 0 Å². The zero-order valence-corrected chi connectivity index (χ0v) is 16.1. The second kappa shape index (κ2) is 6.60. The average molecular weight is 385 g/mol. The summed E-state index contributed by atoms with van der Waals surface area (Å²) in [6, 6.07) is 0. The van der Waals surface area contributed by atoms with Crippen LogP contribution in [0.2, 0.25) is 0 Å². The number of imidazole rings is 1. The van der Waals surface area contributed by atoms with Gasteiger partial charge in [-0.15, -0.1) is 0 Å². The van der Waals surface area contributed by atoms with Gasteiger partial charge in [0.05, 0.1) is 23.5 Å². The average Bonchev–Trinajstić information content (AvgIpc) is 3.30. The fourth-order valence-electron chi connectivity index (χ4n) is 5.32. The molecule has 28 heavy (non-hydrogen) atoms. The highest BCUT2D eigenvalue weighted by Crippen LogP contribution is 2.44. The molecule has 3 amide bonds. The Morgan fingerprint density at radius 1 is 1.11 bits per heavy atom. The van der Waals surface area contributed by atoms with Gasteiger partial charge in [0.2, 0.25) is 17.7 Å². The molecule has 1 spiro atoms. The number of aromatic amines is 1. The molecular formula is C20H27N5O3. The number of hydrogen-bond acceptors (Lipinski definition) is 4. The lowest BCUT2D eigenvalue weighted by atomic mass is 9.76. The SMILES string of the molecule is O=C1C[C@@H](C(=O)N2CCC3(CC2)c2nc[nH]c2CCN3C(=O)C2CCC2)CN1. The van der Waals surface area contributed by atoms with Crippen LogP contribution in [0.1, 0.15) is 49.9 Å². The maximum absolute atomic E-state index is 13.2. The normalized spacial score (nSPS) is 26.7. The zero-order valence-electron chi connectivity index (χ0n) is 16.1. The molecule has 8 nitrogen and oxygen atoms in total. The van der Waals surface area contributed by atoms with E-state index in [0.29, 0.717) is 32.5 Å². The number of aromatic nitrogens is 2. The number of nitrogens with one attached hydrogen (secondary N) is 2. The van der Waals surface area contributed by atoms with E-state index in [9.17, 15) is 14.4 Å². The maximum atomic E-state index is 13.2. The molecule has 8 heteroatoms. The first kappa shape index (κ1) is 17.7. The van der Waals surface area contributed by atoms with Gasteiger partial charge in [0, 0.05) is 50.6 Å². The summed E-state index contributed by atoms with van der Waals surface area (Å²) >= 11 is 0. The molecule has 5 rings (SSSR count). The summed E-state index contributed by atoms with van der Waals surface area (Å²) in [6.45, 7) is 2.36. The lowest BCUT2D eigenvalue weighted by Crippen LogP contribution is -2.60. The van der Waals surface area contributed by atoms with Gasteiger partial charge in [0.1, 0.15) is 0 Å². The molecule has 0 unspecified atom stereocenters. The number of piperidine rings is 1. The Kier molecular flexibility index (Phi) is 4.17. The molecule has 1 saturated carbocycles. The molecule has 2 N–H and O–H groups in total. The molecule has 150 valence electrons. The summed E-state index contributed by atoms with van der Waals surface area (Å²) in [7, 11) is 0. The summed E-state index contributed by atoms with van der Waals surface area (Å²) in [5.41, 5.74) is 1.72. The highest BCUT2D eigenvalue weighted by Gasteiger charge is 2.51. The third-order valence-electron chi connectivity index (χ3n) is 7.21. The molecule has 1 atom stereocenters. The standard InChI is InChI=1S/C20H27N5O3/c26-16-10-14(11-21-16)18(27)24-8-5-20(6-9-24)17-15(22-12-23-17)4-7-25(20)19(28)13-2-1-3-13/h12-14H,1-11H2,(H,21,26)(H,22,23)/t14-/m1/s1. The Morgan fingerprint density at radius 2 is 1.89 bits per heavy atom. The number of fused-ring (bicyclic) bond motifs is 2. The summed E-state index contributed by atoms with van der Waals surface area (Å²) < 4.78 is 0. The van der Waals surface area contributed by atoms with Crippen LogP contribution in [0.5, 0.6) is 0 Å². The van der Waals surface area contributed by atoms with Gasteiger partial charge in [-0.05, 0) is 25.7 Å². The predicted molar refractivity (Wildman–Crippen MR) is 100.0 cm³/mol. The molecule has 1 aliphatic carbocycles. The number of amides is 3. The van der Waals surface area contributed by atoms with Crippen molar-refractivity contribution in [2.24, 2.45) is 11.8 Å². The van der Waals surface area contributed by atoms with Crippen molar-refractivity contribution >= 4 is 17.7 Å². The van der Waals surface area contributed by atoms with Crippen molar-refractivity contribution in [1.29, 1.82) is 0 Å². The summed E-state index contributed by atoms with van der Waals surface area (Å²) in [6.07, 6.45) is 7.38. The van der Waals surface area contributed by atoms with E-state index in [1.54, 1.807) is 6.33 Å². The van der Waals surface area contributed by atoms with Crippen LogP contribution in [-0.2, 0) is 26.3 Å². The number of carbonyl (C=O) groups excluding carboxylic acids is 3. The molecule has 4 heterocycles. The van der Waals surface area contributed by atoms with E-state index in [0.717, 1.165) is 43.6 Å². The van der Waals surface area contributed by atoms with Crippen molar-refractivity contribution in [2.75, 3.05) is 26.2 Å². The Bertz CT molecular complexity index is 807. The van der Waals surface area contributed by atoms with Gasteiger partial charge in [0.25, 0.3) is 0 Å². The summed E-state index contributed by atoms with van der Waals surface area (Å²) in [5.74, 6) is 0.195. The van der Waals surface area contributed by atoms with Crippen LogP contribution in [0.3, 0.4) is 0 Å². The van der Waals surface area contributed by atoms with Crippen molar-refractivity contribution in [3.63, 3.8) is 0 Å². The quantitative estimate of drug-likeness (QED) is 0.777. The smallest absolute Gasteiger partial charge is 0.227 e. The first-order chi connectivity index (χ1) is 13.6. The van der Waals surface area contributed by atoms with Crippen molar-refractivity contribution in [1.82, 2.24) is 25.1 Å². The Morgan fingerprint density at radius 3 is 2.54 bits per heavy atom. The highest BCUT2D eigenvalue weighted by atomic mass is 16.2.